The van der Waals surface area contributed by atoms with Gasteiger partial charge in [0.1, 0.15) is 0 Å². The van der Waals surface area contributed by atoms with Crippen molar-refractivity contribution in [3.63, 3.8) is 0 Å². The molecule has 9 heteroatoms. The van der Waals surface area contributed by atoms with Crippen LogP contribution in [0, 0.1) is 23.6 Å². The largest absolute Gasteiger partial charge is 0.505 e. The number of allylic oxidation sites excluding steroid dienone is 1. The number of amides is 2. The monoisotopic (exact) mass is 499 g/mol. The normalized spacial score (nSPS) is 26.5. The fraction of sp³-hybridized carbons (Fsp3) is 0.556. The minimum Gasteiger partial charge on any atom is -0.505 e. The van der Waals surface area contributed by atoms with Gasteiger partial charge in [0, 0.05) is 13.7 Å². The number of methoxy groups -OCH3 is 1. The summed E-state index contributed by atoms with van der Waals surface area (Å²) in [5.41, 5.74) is 3.72. The number of fused-ring (bicyclic) bond motifs is 3. The predicted octanol–water partition coefficient (Wildman–Crippen LogP) is 3.96. The number of ether oxygens (including phenoxy) is 1. The van der Waals surface area contributed by atoms with E-state index in [4.69, 9.17) is 9.39 Å². The van der Waals surface area contributed by atoms with Gasteiger partial charge in [-0.05, 0) is 73.2 Å². The molecule has 4 atom stereocenters. The van der Waals surface area contributed by atoms with Crippen molar-refractivity contribution in [1.82, 2.24) is 4.90 Å². The number of nitrogens with zero attached hydrogens (tertiary/aromatic N) is 1. The third-order valence-corrected chi connectivity index (χ3v) is 7.69. The number of carbonyl (C=O) groups excluding carboxylic acids is 2. The van der Waals surface area contributed by atoms with E-state index in [1.54, 1.807) is 13.2 Å². The highest BCUT2D eigenvalue weighted by atomic mass is 19.1. The van der Waals surface area contributed by atoms with E-state index in [0.717, 1.165) is 23.1 Å². The van der Waals surface area contributed by atoms with Crippen LogP contribution in [0.4, 0.5) is 4.39 Å². The van der Waals surface area contributed by atoms with Crippen LogP contribution >= 0.6 is 0 Å². The fourth-order valence-corrected chi connectivity index (χ4v) is 6.10. The number of benzene rings is 1. The number of phenolic OH excluding ortho intramolecular Hbond substituents is 1. The zero-order valence-corrected chi connectivity index (χ0v) is 21.2. The third-order valence-electron chi connectivity index (χ3n) is 7.69. The number of halogens is 1. The van der Waals surface area contributed by atoms with Gasteiger partial charge in [-0.3, -0.25) is 14.5 Å². The molecule has 2 N–H and O–H groups in total. The summed E-state index contributed by atoms with van der Waals surface area (Å²) in [5, 5.41) is 20.1. The number of aromatic hydroxyl groups is 1. The van der Waals surface area contributed by atoms with Gasteiger partial charge >= 0.3 is 7.12 Å². The first-order valence-electron chi connectivity index (χ1n) is 12.9. The SMILES string of the molecule is CCCN1C(=O)[C@@H]2[C@@H](CC(COC)=C3[C@@H](CC/C(=C/c4ccc(O)c(F)c4)CC)OB(O)C[C@@H]32)C1=O. The molecule has 4 rings (SSSR count). The molecule has 1 aliphatic carbocycles. The minimum atomic E-state index is -1.02. The maximum Gasteiger partial charge on any atom is 0.455 e. The number of hydrogen-bond acceptors (Lipinski definition) is 6. The van der Waals surface area contributed by atoms with Crippen LogP contribution in [0.1, 0.15) is 51.5 Å². The maximum atomic E-state index is 13.8. The number of rotatable bonds is 9. The Morgan fingerprint density at radius 3 is 2.72 bits per heavy atom. The Bertz CT molecular complexity index is 1070. The van der Waals surface area contributed by atoms with Gasteiger partial charge < -0.3 is 19.5 Å². The van der Waals surface area contributed by atoms with Crippen LogP contribution in [-0.2, 0) is 19.0 Å². The molecular formula is C27H35BFNO6. The zero-order chi connectivity index (χ0) is 26.0. The van der Waals surface area contributed by atoms with Crippen LogP contribution < -0.4 is 0 Å². The molecule has 2 saturated heterocycles. The van der Waals surface area contributed by atoms with Crippen LogP contribution in [0.3, 0.4) is 0 Å². The predicted molar refractivity (Wildman–Crippen MR) is 134 cm³/mol. The summed E-state index contributed by atoms with van der Waals surface area (Å²) < 4.78 is 25.3. The Balaban J connectivity index is 1.61. The van der Waals surface area contributed by atoms with Crippen molar-refractivity contribution < 1.29 is 33.5 Å². The van der Waals surface area contributed by atoms with Crippen molar-refractivity contribution >= 4 is 25.0 Å². The summed E-state index contributed by atoms with van der Waals surface area (Å²) in [6.45, 7) is 4.73. The molecule has 0 aromatic heterocycles. The lowest BCUT2D eigenvalue weighted by Crippen LogP contribution is -2.46. The van der Waals surface area contributed by atoms with Gasteiger partial charge in [-0.25, -0.2) is 4.39 Å². The quantitative estimate of drug-likeness (QED) is 0.304. The smallest absolute Gasteiger partial charge is 0.455 e. The molecule has 7 nitrogen and oxygen atoms in total. The van der Waals surface area contributed by atoms with Gasteiger partial charge in [-0.15, -0.1) is 0 Å². The molecule has 36 heavy (non-hydrogen) atoms. The van der Waals surface area contributed by atoms with Crippen LogP contribution in [-0.4, -0.2) is 60.3 Å². The van der Waals surface area contributed by atoms with Gasteiger partial charge in [0.15, 0.2) is 11.6 Å². The lowest BCUT2D eigenvalue weighted by Gasteiger charge is -2.43. The van der Waals surface area contributed by atoms with Crippen molar-refractivity contribution in [3.8, 4) is 5.75 Å². The van der Waals surface area contributed by atoms with E-state index in [1.807, 2.05) is 19.9 Å². The molecular weight excluding hydrogens is 464 g/mol. The van der Waals surface area contributed by atoms with E-state index >= 15 is 0 Å². The van der Waals surface area contributed by atoms with Crippen molar-refractivity contribution in [1.29, 1.82) is 0 Å². The second kappa shape index (κ2) is 11.3. The Labute approximate surface area is 212 Å². The Morgan fingerprint density at radius 1 is 1.28 bits per heavy atom. The maximum absolute atomic E-state index is 13.8. The van der Waals surface area contributed by atoms with E-state index in [-0.39, 0.29) is 29.8 Å². The Morgan fingerprint density at radius 2 is 2.06 bits per heavy atom. The number of likely N-dealkylation sites (tertiary alicyclic amines) is 1. The van der Waals surface area contributed by atoms with Crippen LogP contribution in [0.25, 0.3) is 6.08 Å². The number of carbonyl (C=O) groups is 2. The molecule has 2 fully saturated rings. The highest BCUT2D eigenvalue weighted by molar-refractivity contribution is 6.43. The topological polar surface area (TPSA) is 96.3 Å². The lowest BCUT2D eigenvalue weighted by molar-refractivity contribution is -0.140. The fourth-order valence-electron chi connectivity index (χ4n) is 6.10. The zero-order valence-electron chi connectivity index (χ0n) is 21.2. The summed E-state index contributed by atoms with van der Waals surface area (Å²) in [4.78, 5) is 27.8. The number of hydrogen-bond donors (Lipinski definition) is 2. The first-order valence-corrected chi connectivity index (χ1v) is 12.9. The molecule has 2 aliphatic heterocycles. The average Bonchev–Trinajstić information content (AvgIpc) is 3.08. The van der Waals surface area contributed by atoms with E-state index < -0.39 is 30.9 Å². The standard InChI is InChI=1S/C27H35BFNO6/c1-4-10-30-26(32)19-13-18(15-35-3)24-20(25(19)27(30)33)14-28(34)36-23(24)9-7-16(5-2)11-17-6-8-22(31)21(29)12-17/h6,8,11-12,19-20,23,25,31,34H,4-5,7,9-10,13-15H2,1-3H3/b16-11+/t19-,20+,23-,25-/m1/s1. The first kappa shape index (κ1) is 26.6. The van der Waals surface area contributed by atoms with Crippen molar-refractivity contribution in [3.05, 3.63) is 46.3 Å². The molecule has 0 saturated carbocycles. The van der Waals surface area contributed by atoms with Gasteiger partial charge in [0.25, 0.3) is 0 Å². The van der Waals surface area contributed by atoms with Crippen molar-refractivity contribution in [2.75, 3.05) is 20.3 Å². The number of phenols is 1. The summed E-state index contributed by atoms with van der Waals surface area (Å²) in [6.07, 6.45) is 4.93. The molecule has 0 radical (unpaired) electrons. The highest BCUT2D eigenvalue weighted by Crippen LogP contribution is 2.50. The summed E-state index contributed by atoms with van der Waals surface area (Å²) >= 11 is 0. The van der Waals surface area contributed by atoms with Gasteiger partial charge in [0.2, 0.25) is 11.8 Å². The van der Waals surface area contributed by atoms with Crippen molar-refractivity contribution in [2.45, 2.75) is 58.4 Å². The lowest BCUT2D eigenvalue weighted by atomic mass is 9.58. The van der Waals surface area contributed by atoms with Gasteiger partial charge in [-0.2, -0.15) is 0 Å². The molecule has 0 unspecified atom stereocenters. The number of imide groups is 1. The molecule has 3 aliphatic rings. The van der Waals surface area contributed by atoms with E-state index in [1.165, 1.54) is 17.0 Å². The summed E-state index contributed by atoms with van der Waals surface area (Å²) in [7, 11) is 0.594. The first-order chi connectivity index (χ1) is 17.3. The van der Waals surface area contributed by atoms with Gasteiger partial charge in [-0.1, -0.05) is 31.6 Å². The second-order valence-electron chi connectivity index (χ2n) is 9.98. The van der Waals surface area contributed by atoms with Crippen molar-refractivity contribution in [2.24, 2.45) is 17.8 Å². The highest BCUT2D eigenvalue weighted by Gasteiger charge is 2.57. The van der Waals surface area contributed by atoms with Crippen LogP contribution in [0.5, 0.6) is 5.75 Å². The van der Waals surface area contributed by atoms with Crippen LogP contribution in [0.2, 0.25) is 6.32 Å². The second-order valence-corrected chi connectivity index (χ2v) is 9.98. The van der Waals surface area contributed by atoms with E-state index in [9.17, 15) is 24.1 Å². The molecule has 2 amide bonds. The molecule has 2 heterocycles. The summed E-state index contributed by atoms with van der Waals surface area (Å²) in [5.74, 6) is -2.45. The molecule has 0 spiro atoms. The van der Waals surface area contributed by atoms with E-state index in [2.05, 4.69) is 0 Å². The molecule has 1 aromatic carbocycles. The van der Waals surface area contributed by atoms with Gasteiger partial charge in [0.05, 0.1) is 24.5 Å². The third kappa shape index (κ3) is 5.15. The molecule has 194 valence electrons. The molecule has 1 aromatic rings. The van der Waals surface area contributed by atoms with Crippen LogP contribution in [0.15, 0.2) is 34.9 Å². The minimum absolute atomic E-state index is 0.116. The Hall–Kier alpha value is -2.49. The average molecular weight is 499 g/mol. The van der Waals surface area contributed by atoms with E-state index in [0.29, 0.717) is 44.4 Å². The Kier molecular flexibility index (Phi) is 8.32. The molecule has 0 bridgehead atoms. The summed E-state index contributed by atoms with van der Waals surface area (Å²) in [6, 6.07) is 4.30.